The van der Waals surface area contributed by atoms with Crippen molar-refractivity contribution in [2.75, 3.05) is 31.1 Å². The fourth-order valence-corrected chi connectivity index (χ4v) is 4.43. The number of nitrogens with zero attached hydrogens (tertiary/aromatic N) is 5. The number of pyridine rings is 2. The highest BCUT2D eigenvalue weighted by Gasteiger charge is 2.37. The number of aromatic nitrogens is 4. The summed E-state index contributed by atoms with van der Waals surface area (Å²) in [5, 5.41) is 4.59. The van der Waals surface area contributed by atoms with Crippen molar-refractivity contribution in [2.24, 2.45) is 5.41 Å². The minimum Gasteiger partial charge on any atom is -0.356 e. The van der Waals surface area contributed by atoms with Crippen LogP contribution < -0.4 is 10.2 Å². The van der Waals surface area contributed by atoms with Crippen molar-refractivity contribution in [3.05, 3.63) is 49.1 Å². The number of anilines is 1. The normalized spacial score (nSPS) is 18.6. The van der Waals surface area contributed by atoms with Crippen LogP contribution in [0.25, 0.3) is 28.4 Å². The molecule has 6 heteroatoms. The Morgan fingerprint density at radius 3 is 2.64 bits per heavy atom. The molecule has 0 radical (unpaired) electrons. The van der Waals surface area contributed by atoms with Gasteiger partial charge < -0.3 is 10.2 Å². The van der Waals surface area contributed by atoms with Crippen LogP contribution in [0.4, 0.5) is 5.82 Å². The van der Waals surface area contributed by atoms with Crippen LogP contribution in [-0.2, 0) is 0 Å². The second-order valence-corrected chi connectivity index (χ2v) is 7.85. The number of nitrogens with one attached hydrogen (secondary N) is 1. The lowest BCUT2D eigenvalue weighted by Gasteiger charge is -2.39. The Morgan fingerprint density at radius 2 is 1.93 bits per heavy atom. The zero-order chi connectivity index (χ0) is 19.0. The first-order valence-corrected chi connectivity index (χ1v) is 9.93. The third-order valence-corrected chi connectivity index (χ3v) is 6.19. The molecule has 0 saturated carbocycles. The molecule has 142 valence electrons. The van der Waals surface area contributed by atoms with Crippen molar-refractivity contribution < 1.29 is 0 Å². The highest BCUT2D eigenvalue weighted by atomic mass is 15.2. The first-order valence-electron chi connectivity index (χ1n) is 9.93. The third-order valence-electron chi connectivity index (χ3n) is 6.19. The van der Waals surface area contributed by atoms with Gasteiger partial charge in [0.05, 0.1) is 17.4 Å². The second-order valence-electron chi connectivity index (χ2n) is 7.85. The van der Waals surface area contributed by atoms with E-state index in [0.717, 1.165) is 60.0 Å². The monoisotopic (exact) mass is 372 g/mol. The summed E-state index contributed by atoms with van der Waals surface area (Å²) in [5.41, 5.74) is 3.16. The van der Waals surface area contributed by atoms with E-state index in [2.05, 4.69) is 32.8 Å². The molecule has 0 aliphatic carbocycles. The van der Waals surface area contributed by atoms with E-state index in [1.165, 1.54) is 19.3 Å². The number of rotatable bonds is 3. The maximum absolute atomic E-state index is 4.99. The van der Waals surface area contributed by atoms with Crippen LogP contribution in [0.3, 0.4) is 0 Å². The molecular weight excluding hydrogens is 348 g/mol. The van der Waals surface area contributed by atoms with Crippen LogP contribution in [-0.4, -0.2) is 46.1 Å². The van der Waals surface area contributed by atoms with Crippen molar-refractivity contribution in [3.63, 3.8) is 0 Å². The van der Waals surface area contributed by atoms with Gasteiger partial charge in [-0.3, -0.25) is 9.97 Å². The lowest BCUT2D eigenvalue weighted by molar-refractivity contribution is 0.247. The lowest BCUT2D eigenvalue weighted by atomic mass is 9.78. The second kappa shape index (κ2) is 6.95. The molecule has 3 aromatic rings. The smallest absolute Gasteiger partial charge is 0.162 e. The predicted octanol–water partition coefficient (Wildman–Crippen LogP) is 3.31. The predicted molar refractivity (Wildman–Crippen MR) is 112 cm³/mol. The van der Waals surface area contributed by atoms with Crippen molar-refractivity contribution in [1.82, 2.24) is 25.3 Å². The van der Waals surface area contributed by atoms with Gasteiger partial charge in [-0.25, -0.2) is 9.97 Å². The Kier molecular flexibility index (Phi) is 4.28. The molecule has 2 aliphatic heterocycles. The van der Waals surface area contributed by atoms with E-state index in [1.807, 2.05) is 18.3 Å². The molecule has 0 bridgehead atoms. The molecule has 0 amide bonds. The van der Waals surface area contributed by atoms with Crippen molar-refractivity contribution in [2.45, 2.75) is 19.3 Å². The standard InChI is InChI=1S/C22H24N6/c1-2-17-13-18-19(14-25-17)26-20(16-3-8-23-9-4-16)27-21(18)28-11-6-22(7-12-28)5-10-24-15-22/h2-4,8-9,13-14,24H,1,5-7,10-12,15H2. The van der Waals surface area contributed by atoms with E-state index in [1.54, 1.807) is 18.5 Å². The van der Waals surface area contributed by atoms with Crippen LogP contribution in [0.15, 0.2) is 43.4 Å². The molecule has 2 fully saturated rings. The molecular formula is C22H24N6. The van der Waals surface area contributed by atoms with Gasteiger partial charge in [0.25, 0.3) is 0 Å². The highest BCUT2D eigenvalue weighted by molar-refractivity contribution is 5.91. The van der Waals surface area contributed by atoms with Gasteiger partial charge >= 0.3 is 0 Å². The maximum atomic E-state index is 4.99. The summed E-state index contributed by atoms with van der Waals surface area (Å²) < 4.78 is 0. The SMILES string of the molecule is C=Cc1cc2c(N3CCC4(CCNC4)CC3)nc(-c3ccncc3)nc2cn1. The van der Waals surface area contributed by atoms with Gasteiger partial charge in [-0.05, 0) is 55.5 Å². The molecule has 2 aliphatic rings. The summed E-state index contributed by atoms with van der Waals surface area (Å²) in [7, 11) is 0. The average molecular weight is 372 g/mol. The fraction of sp³-hybridized carbons (Fsp3) is 0.364. The van der Waals surface area contributed by atoms with Crippen molar-refractivity contribution in [3.8, 4) is 11.4 Å². The van der Waals surface area contributed by atoms with Gasteiger partial charge in [0.2, 0.25) is 0 Å². The Morgan fingerprint density at radius 1 is 1.11 bits per heavy atom. The number of hydrogen-bond donors (Lipinski definition) is 1. The van der Waals surface area contributed by atoms with Gasteiger partial charge in [0, 0.05) is 43.0 Å². The van der Waals surface area contributed by atoms with Crippen molar-refractivity contribution >= 4 is 22.8 Å². The minimum absolute atomic E-state index is 0.473. The lowest BCUT2D eigenvalue weighted by Crippen LogP contribution is -2.41. The Balaban J connectivity index is 1.58. The minimum atomic E-state index is 0.473. The molecule has 2 saturated heterocycles. The van der Waals surface area contributed by atoms with E-state index in [-0.39, 0.29) is 0 Å². The maximum Gasteiger partial charge on any atom is 0.162 e. The molecule has 1 spiro atoms. The molecule has 0 unspecified atom stereocenters. The summed E-state index contributed by atoms with van der Waals surface area (Å²) in [6, 6.07) is 5.95. The topological polar surface area (TPSA) is 66.8 Å². The first kappa shape index (κ1) is 17.3. The Bertz CT molecular complexity index is 1000. The molecule has 5 heterocycles. The van der Waals surface area contributed by atoms with Crippen LogP contribution in [0.5, 0.6) is 0 Å². The molecule has 6 nitrogen and oxygen atoms in total. The zero-order valence-corrected chi connectivity index (χ0v) is 15.9. The summed E-state index contributed by atoms with van der Waals surface area (Å²) in [4.78, 5) is 20.8. The summed E-state index contributed by atoms with van der Waals surface area (Å²) in [6.45, 7) is 8.21. The quantitative estimate of drug-likeness (QED) is 0.761. The van der Waals surface area contributed by atoms with Gasteiger partial charge in [-0.2, -0.15) is 0 Å². The van der Waals surface area contributed by atoms with Crippen LogP contribution >= 0.6 is 0 Å². The molecule has 0 aromatic carbocycles. The Labute approximate surface area is 164 Å². The van der Waals surface area contributed by atoms with E-state index in [4.69, 9.17) is 9.97 Å². The van der Waals surface area contributed by atoms with Gasteiger partial charge in [-0.15, -0.1) is 0 Å². The molecule has 5 rings (SSSR count). The number of hydrogen-bond acceptors (Lipinski definition) is 6. The number of fused-ring (bicyclic) bond motifs is 1. The van der Waals surface area contributed by atoms with Crippen LogP contribution in [0, 0.1) is 5.41 Å². The summed E-state index contributed by atoms with van der Waals surface area (Å²) in [6.07, 6.45) is 10.9. The molecule has 1 N–H and O–H groups in total. The molecule has 3 aromatic heterocycles. The van der Waals surface area contributed by atoms with Crippen LogP contribution in [0.1, 0.15) is 25.0 Å². The summed E-state index contributed by atoms with van der Waals surface area (Å²) >= 11 is 0. The largest absolute Gasteiger partial charge is 0.356 e. The Hall–Kier alpha value is -2.86. The third kappa shape index (κ3) is 3.03. The highest BCUT2D eigenvalue weighted by Crippen LogP contribution is 2.39. The van der Waals surface area contributed by atoms with Crippen molar-refractivity contribution in [1.29, 1.82) is 0 Å². The zero-order valence-electron chi connectivity index (χ0n) is 15.9. The number of piperidine rings is 1. The van der Waals surface area contributed by atoms with E-state index < -0.39 is 0 Å². The van der Waals surface area contributed by atoms with E-state index in [9.17, 15) is 0 Å². The fourth-order valence-electron chi connectivity index (χ4n) is 4.43. The van der Waals surface area contributed by atoms with Gasteiger partial charge in [0.1, 0.15) is 5.82 Å². The molecule has 28 heavy (non-hydrogen) atoms. The molecule has 0 atom stereocenters. The van der Waals surface area contributed by atoms with Gasteiger partial charge in [-0.1, -0.05) is 6.58 Å². The van der Waals surface area contributed by atoms with Crippen LogP contribution in [0.2, 0.25) is 0 Å². The average Bonchev–Trinajstić information content (AvgIpc) is 3.22. The van der Waals surface area contributed by atoms with E-state index >= 15 is 0 Å². The van der Waals surface area contributed by atoms with Gasteiger partial charge in [0.15, 0.2) is 5.82 Å². The van der Waals surface area contributed by atoms with E-state index in [0.29, 0.717) is 5.41 Å². The summed E-state index contributed by atoms with van der Waals surface area (Å²) in [5.74, 6) is 1.73. The first-order chi connectivity index (χ1) is 13.8.